The molecular weight excluding hydrogens is 575 g/mol. The lowest BCUT2D eigenvalue weighted by atomic mass is 10.1. The normalized spacial score (nSPS) is 16.3. The first-order chi connectivity index (χ1) is 19.3. The fourth-order valence-corrected chi connectivity index (χ4v) is 5.98. The molecule has 6 rings (SSSR count). The largest absolute Gasteiger partial charge is 0.477 e. The summed E-state index contributed by atoms with van der Waals surface area (Å²) in [6.45, 7) is 2.94. The van der Waals surface area contributed by atoms with Gasteiger partial charge in [0.25, 0.3) is 0 Å². The zero-order valence-electron chi connectivity index (χ0n) is 21.2. The van der Waals surface area contributed by atoms with Crippen LogP contribution in [0.25, 0.3) is 10.9 Å². The van der Waals surface area contributed by atoms with Crippen molar-refractivity contribution in [1.29, 1.82) is 0 Å². The maximum absolute atomic E-state index is 15.3. The van der Waals surface area contributed by atoms with Crippen molar-refractivity contribution in [2.24, 2.45) is 4.99 Å². The second-order valence-electron chi connectivity index (χ2n) is 9.81. The monoisotopic (exact) mass is 598 g/mol. The van der Waals surface area contributed by atoms with E-state index in [2.05, 4.69) is 15.0 Å². The van der Waals surface area contributed by atoms with Crippen LogP contribution < -0.4 is 10.3 Å². The summed E-state index contributed by atoms with van der Waals surface area (Å²) in [5.74, 6) is -1.84. The highest BCUT2D eigenvalue weighted by molar-refractivity contribution is 7.73. The molecule has 2 aromatic carbocycles. The van der Waals surface area contributed by atoms with Crippen LogP contribution in [0.1, 0.15) is 34.8 Å². The molecule has 1 saturated heterocycles. The van der Waals surface area contributed by atoms with E-state index >= 15 is 4.39 Å². The number of aliphatic imine (C=N–C) groups is 1. The van der Waals surface area contributed by atoms with Crippen LogP contribution in [-0.4, -0.2) is 62.7 Å². The number of hydrogen-bond donors (Lipinski definition) is 1. The van der Waals surface area contributed by atoms with Crippen molar-refractivity contribution in [3.63, 3.8) is 0 Å². The topological polar surface area (TPSA) is 96.0 Å². The minimum atomic E-state index is -1.30. The number of fused-ring (bicyclic) bond motifs is 1. The highest BCUT2D eigenvalue weighted by Gasteiger charge is 2.28. The third kappa shape index (κ3) is 5.31. The number of anilines is 1. The van der Waals surface area contributed by atoms with E-state index in [1.54, 1.807) is 23.0 Å². The summed E-state index contributed by atoms with van der Waals surface area (Å²) in [4.78, 5) is 32.9. The number of nitrogens with zero attached hydrogens (tertiary/aromatic N) is 6. The first kappa shape index (κ1) is 26.8. The average molecular weight is 599 g/mol. The summed E-state index contributed by atoms with van der Waals surface area (Å²) < 4.78 is 19.4. The summed E-state index contributed by atoms with van der Waals surface area (Å²) >= 11 is 13.0. The van der Waals surface area contributed by atoms with Crippen LogP contribution in [0.5, 0.6) is 0 Å². The molecule has 0 unspecified atom stereocenters. The van der Waals surface area contributed by atoms with E-state index in [0.29, 0.717) is 58.2 Å². The maximum Gasteiger partial charge on any atom is 0.341 e. The Kier molecular flexibility index (Phi) is 7.26. The van der Waals surface area contributed by atoms with Crippen molar-refractivity contribution in [3.8, 4) is 0 Å². The number of rotatable bonds is 7. The number of aromatic carboxylic acids is 1. The third-order valence-corrected chi connectivity index (χ3v) is 8.69. The van der Waals surface area contributed by atoms with E-state index in [9.17, 15) is 14.7 Å². The summed E-state index contributed by atoms with van der Waals surface area (Å²) in [5.41, 5.74) is 0.773. The fourth-order valence-electron chi connectivity index (χ4n) is 4.87. The summed E-state index contributed by atoms with van der Waals surface area (Å²) in [7, 11) is 0. The Morgan fingerprint density at radius 1 is 1.23 bits per heavy atom. The number of carbonyl (C=O) groups is 1. The molecule has 2 fully saturated rings. The van der Waals surface area contributed by atoms with Gasteiger partial charge >= 0.3 is 5.97 Å². The molecule has 4 aromatic rings. The van der Waals surface area contributed by atoms with Crippen LogP contribution in [-0.2, 0) is 6.67 Å². The second-order valence-corrected chi connectivity index (χ2v) is 11.8. The minimum Gasteiger partial charge on any atom is -0.477 e. The highest BCUT2D eigenvalue weighted by atomic mass is 35.5. The van der Waals surface area contributed by atoms with E-state index in [4.69, 9.17) is 23.8 Å². The van der Waals surface area contributed by atoms with Gasteiger partial charge in [0.05, 0.1) is 17.9 Å². The van der Waals surface area contributed by atoms with Gasteiger partial charge in [0, 0.05) is 60.6 Å². The van der Waals surface area contributed by atoms with Crippen molar-refractivity contribution >= 4 is 69.1 Å². The zero-order chi connectivity index (χ0) is 28.0. The van der Waals surface area contributed by atoms with E-state index in [0.717, 1.165) is 18.4 Å². The van der Waals surface area contributed by atoms with Gasteiger partial charge in [0.2, 0.25) is 10.6 Å². The number of pyridine rings is 1. The second kappa shape index (κ2) is 10.8. The van der Waals surface area contributed by atoms with Crippen molar-refractivity contribution in [1.82, 2.24) is 19.2 Å². The molecule has 2 aromatic heterocycles. The van der Waals surface area contributed by atoms with Gasteiger partial charge in [-0.2, -0.15) is 0 Å². The lowest BCUT2D eigenvalue weighted by molar-refractivity contribution is 0.0695. The van der Waals surface area contributed by atoms with E-state index < -0.39 is 17.2 Å². The van der Waals surface area contributed by atoms with Crippen LogP contribution in [0.3, 0.4) is 0 Å². The Morgan fingerprint density at radius 2 is 1.98 bits per heavy atom. The number of hydrogen-bond acceptors (Lipinski definition) is 8. The Balaban J connectivity index is 1.17. The molecule has 1 N–H and O–H groups in total. The number of aromatic nitrogens is 3. The summed E-state index contributed by atoms with van der Waals surface area (Å²) in [5, 5.41) is 15.2. The number of carboxylic acids is 1. The van der Waals surface area contributed by atoms with Crippen molar-refractivity contribution in [2.75, 3.05) is 31.1 Å². The molecule has 0 atom stereocenters. The van der Waals surface area contributed by atoms with Crippen molar-refractivity contribution < 1.29 is 14.3 Å². The van der Waals surface area contributed by atoms with Gasteiger partial charge in [0.1, 0.15) is 11.4 Å². The molecular formula is C27H24ClFN6O3S2. The molecule has 1 saturated carbocycles. The Hall–Kier alpha value is -3.45. The van der Waals surface area contributed by atoms with Crippen LogP contribution in [0.4, 0.5) is 15.2 Å². The maximum atomic E-state index is 15.3. The summed E-state index contributed by atoms with van der Waals surface area (Å²) in [6.07, 6.45) is 4.86. The molecule has 13 heteroatoms. The molecule has 206 valence electrons. The standard InChI is InChI=1S/C27H24ClFN6O3S2/c28-20-4-2-1-3-16(20)13-30-26-31-35(27(39)40-26)15-32-7-9-33(10-8-32)23-12-22-18(11-21(23)29)24(36)19(25(37)38)14-34(22)17-5-6-17/h1-4,11-14,17H,5-10,15H2,(H,37,38). The van der Waals surface area contributed by atoms with Crippen LogP contribution in [0, 0.1) is 9.77 Å². The van der Waals surface area contributed by atoms with Crippen molar-refractivity contribution in [2.45, 2.75) is 25.6 Å². The third-order valence-electron chi connectivity index (χ3n) is 7.13. The molecule has 0 radical (unpaired) electrons. The summed E-state index contributed by atoms with van der Waals surface area (Å²) in [6, 6.07) is 10.4. The Labute approximate surface area is 242 Å². The highest BCUT2D eigenvalue weighted by Crippen LogP contribution is 2.38. The number of halogens is 2. The van der Waals surface area contributed by atoms with Gasteiger partial charge in [0.15, 0.2) is 3.95 Å². The lowest BCUT2D eigenvalue weighted by Gasteiger charge is -2.36. The molecule has 9 nitrogen and oxygen atoms in total. The average Bonchev–Trinajstić information content (AvgIpc) is 3.72. The van der Waals surface area contributed by atoms with Crippen LogP contribution in [0.15, 0.2) is 52.4 Å². The number of piperazine rings is 1. The zero-order valence-corrected chi connectivity index (χ0v) is 23.6. The molecule has 0 spiro atoms. The molecule has 0 amide bonds. The van der Waals surface area contributed by atoms with Gasteiger partial charge in [-0.25, -0.2) is 18.9 Å². The molecule has 40 heavy (non-hydrogen) atoms. The predicted octanol–water partition coefficient (Wildman–Crippen LogP) is 5.34. The first-order valence-corrected chi connectivity index (χ1v) is 14.3. The Bertz CT molecular complexity index is 1770. The molecule has 3 heterocycles. The first-order valence-electron chi connectivity index (χ1n) is 12.7. The van der Waals surface area contributed by atoms with E-state index in [1.807, 2.05) is 27.7 Å². The SMILES string of the molecule is O=C(O)c1cn(C2CC2)c2cc(N3CCN(Cn4nc(N=Cc5ccccc5Cl)sc4=S)CC3)c(F)cc2c1=O. The quantitative estimate of drug-likeness (QED) is 0.226. The number of benzene rings is 2. The van der Waals surface area contributed by atoms with E-state index in [-0.39, 0.29) is 17.0 Å². The smallest absolute Gasteiger partial charge is 0.341 e. The van der Waals surface area contributed by atoms with Crippen LogP contribution in [0.2, 0.25) is 5.02 Å². The van der Waals surface area contributed by atoms with Gasteiger partial charge < -0.3 is 14.6 Å². The minimum absolute atomic E-state index is 0.0950. The van der Waals surface area contributed by atoms with Gasteiger partial charge in [-0.05, 0) is 43.3 Å². The van der Waals surface area contributed by atoms with Gasteiger partial charge in [-0.1, -0.05) is 41.1 Å². The molecule has 2 aliphatic rings. The Morgan fingerprint density at radius 3 is 2.67 bits per heavy atom. The molecule has 1 aliphatic heterocycles. The van der Waals surface area contributed by atoms with Crippen molar-refractivity contribution in [3.05, 3.63) is 78.7 Å². The fraction of sp³-hybridized carbons (Fsp3) is 0.296. The van der Waals surface area contributed by atoms with E-state index in [1.165, 1.54) is 23.6 Å². The van der Waals surface area contributed by atoms with Gasteiger partial charge in [-0.3, -0.25) is 9.69 Å². The molecule has 0 bridgehead atoms. The number of carboxylic acid groups (broad SMARTS) is 1. The van der Waals surface area contributed by atoms with Crippen LogP contribution >= 0.6 is 35.2 Å². The predicted molar refractivity (Wildman–Crippen MR) is 157 cm³/mol. The molecule has 1 aliphatic carbocycles. The van der Waals surface area contributed by atoms with Gasteiger partial charge in [-0.15, -0.1) is 5.10 Å². The lowest BCUT2D eigenvalue weighted by Crippen LogP contribution is -2.47.